The molecule has 0 aliphatic heterocycles. The number of benzene rings is 1. The number of hydrogen-bond donors (Lipinski definition) is 2. The van der Waals surface area contributed by atoms with E-state index >= 15 is 0 Å². The maximum Gasteiger partial charge on any atom is 0.242 e. The normalized spacial score (nSPS) is 14.5. The van der Waals surface area contributed by atoms with Gasteiger partial charge in [0.25, 0.3) is 0 Å². The summed E-state index contributed by atoms with van der Waals surface area (Å²) < 4.78 is 27.0. The Balaban J connectivity index is 3.08. The number of halogens is 1. The molecule has 1 aromatic rings. The first kappa shape index (κ1) is 15.3. The zero-order valence-electron chi connectivity index (χ0n) is 11.0. The van der Waals surface area contributed by atoms with Gasteiger partial charge in [0.15, 0.2) is 0 Å². The van der Waals surface area contributed by atoms with E-state index in [0.717, 1.165) is 0 Å². The van der Waals surface area contributed by atoms with Crippen molar-refractivity contribution in [2.45, 2.75) is 38.6 Å². The van der Waals surface area contributed by atoms with Gasteiger partial charge in [0.05, 0.1) is 5.69 Å². The molecule has 1 unspecified atom stereocenters. The smallest absolute Gasteiger partial charge is 0.242 e. The summed E-state index contributed by atoms with van der Waals surface area (Å²) in [6.45, 7) is 7.71. The molecule has 0 saturated carbocycles. The Morgan fingerprint density at radius 2 is 1.89 bits per heavy atom. The molecule has 1 atom stereocenters. The van der Waals surface area contributed by atoms with E-state index in [1.54, 1.807) is 0 Å². The monoisotopic (exact) mass is 290 g/mol. The predicted molar refractivity (Wildman–Crippen MR) is 75.1 cm³/mol. The van der Waals surface area contributed by atoms with Gasteiger partial charge in [-0.25, -0.2) is 13.1 Å². The maximum atomic E-state index is 12.2. The molecule has 0 spiro atoms. The fraction of sp³-hybridized carbons (Fsp3) is 0.500. The summed E-state index contributed by atoms with van der Waals surface area (Å²) in [5.41, 5.74) is 5.67. The summed E-state index contributed by atoms with van der Waals surface area (Å²) in [6, 6.07) is 4.14. The number of hydrogen-bond acceptors (Lipinski definition) is 3. The number of rotatable bonds is 3. The van der Waals surface area contributed by atoms with Crippen molar-refractivity contribution in [3.05, 3.63) is 23.2 Å². The molecule has 0 aliphatic carbocycles. The molecule has 0 aliphatic rings. The average molecular weight is 291 g/mol. The lowest BCUT2D eigenvalue weighted by Crippen LogP contribution is -2.41. The second-order valence-corrected chi connectivity index (χ2v) is 7.51. The Kier molecular flexibility index (Phi) is 4.30. The lowest BCUT2D eigenvalue weighted by Gasteiger charge is -2.28. The first-order valence-corrected chi connectivity index (χ1v) is 7.47. The summed E-state index contributed by atoms with van der Waals surface area (Å²) in [6.07, 6.45) is 0. The van der Waals surface area contributed by atoms with Crippen LogP contribution in [0, 0.1) is 5.41 Å². The molecular formula is C12H19ClN2O2S. The molecule has 0 heterocycles. The van der Waals surface area contributed by atoms with E-state index in [0.29, 0.717) is 5.02 Å². The van der Waals surface area contributed by atoms with E-state index in [9.17, 15) is 8.42 Å². The number of nitrogens with one attached hydrogen (secondary N) is 1. The van der Waals surface area contributed by atoms with E-state index in [-0.39, 0.29) is 22.0 Å². The minimum atomic E-state index is -3.62. The third-order valence-corrected chi connectivity index (χ3v) is 4.74. The molecule has 0 aromatic heterocycles. The fourth-order valence-corrected chi connectivity index (χ4v) is 2.98. The summed E-state index contributed by atoms with van der Waals surface area (Å²) in [5, 5.41) is 0.412. The highest BCUT2D eigenvalue weighted by Gasteiger charge is 2.27. The molecular weight excluding hydrogens is 272 g/mol. The van der Waals surface area contributed by atoms with Crippen LogP contribution in [0.4, 0.5) is 5.69 Å². The molecule has 4 nitrogen and oxygen atoms in total. The van der Waals surface area contributed by atoms with Crippen molar-refractivity contribution in [1.29, 1.82) is 0 Å². The minimum absolute atomic E-state index is 0.0583. The Morgan fingerprint density at radius 1 is 1.33 bits per heavy atom. The molecule has 0 fully saturated rings. The van der Waals surface area contributed by atoms with Gasteiger partial charge >= 0.3 is 0 Å². The molecule has 3 N–H and O–H groups in total. The van der Waals surface area contributed by atoms with Crippen LogP contribution in [0.1, 0.15) is 27.7 Å². The quantitative estimate of drug-likeness (QED) is 0.841. The first-order chi connectivity index (χ1) is 8.04. The van der Waals surface area contributed by atoms with Gasteiger partial charge in [-0.3, -0.25) is 0 Å². The van der Waals surface area contributed by atoms with E-state index in [4.69, 9.17) is 17.3 Å². The van der Waals surface area contributed by atoms with E-state index in [1.165, 1.54) is 18.2 Å². The molecule has 1 aromatic carbocycles. The molecule has 0 saturated heterocycles. The van der Waals surface area contributed by atoms with Crippen LogP contribution in [-0.2, 0) is 10.0 Å². The van der Waals surface area contributed by atoms with Crippen molar-refractivity contribution in [3.8, 4) is 0 Å². The van der Waals surface area contributed by atoms with E-state index in [2.05, 4.69) is 4.72 Å². The standard InChI is InChI=1S/C12H19ClN2O2S/c1-8(12(2,3)4)15-18(16,17)11-6-5-9(13)7-10(11)14/h5-8,15H,14H2,1-4H3. The van der Waals surface area contributed by atoms with Gasteiger partial charge in [0.2, 0.25) is 10.0 Å². The van der Waals surface area contributed by atoms with Crippen LogP contribution in [0.2, 0.25) is 5.02 Å². The maximum absolute atomic E-state index is 12.2. The van der Waals surface area contributed by atoms with Gasteiger partial charge in [0.1, 0.15) is 4.90 Å². The van der Waals surface area contributed by atoms with Gasteiger partial charge < -0.3 is 5.73 Å². The highest BCUT2D eigenvalue weighted by atomic mass is 35.5. The van der Waals surface area contributed by atoms with Crippen LogP contribution in [0.25, 0.3) is 0 Å². The van der Waals surface area contributed by atoms with Crippen molar-refractivity contribution in [3.63, 3.8) is 0 Å². The number of sulfonamides is 1. The Hall–Kier alpha value is -0.780. The number of nitrogens with two attached hydrogens (primary N) is 1. The lowest BCUT2D eigenvalue weighted by atomic mass is 9.89. The van der Waals surface area contributed by atoms with Crippen LogP contribution in [-0.4, -0.2) is 14.5 Å². The van der Waals surface area contributed by atoms with Gasteiger partial charge in [0, 0.05) is 11.1 Å². The number of nitrogen functional groups attached to an aromatic ring is 1. The Bertz CT molecular complexity index is 535. The molecule has 18 heavy (non-hydrogen) atoms. The highest BCUT2D eigenvalue weighted by Crippen LogP contribution is 2.25. The summed E-state index contributed by atoms with van der Waals surface area (Å²) >= 11 is 5.75. The van der Waals surface area contributed by atoms with Crippen molar-refractivity contribution in [1.82, 2.24) is 4.72 Å². The zero-order valence-corrected chi connectivity index (χ0v) is 12.6. The Labute approximate surface area is 114 Å². The second kappa shape index (κ2) is 5.07. The molecule has 0 bridgehead atoms. The van der Waals surface area contributed by atoms with Gasteiger partial charge in [-0.2, -0.15) is 0 Å². The van der Waals surface area contributed by atoms with Crippen LogP contribution in [0.5, 0.6) is 0 Å². The fourth-order valence-electron chi connectivity index (χ4n) is 1.24. The first-order valence-electron chi connectivity index (χ1n) is 5.61. The number of anilines is 1. The summed E-state index contributed by atoms with van der Waals surface area (Å²) in [5.74, 6) is 0. The van der Waals surface area contributed by atoms with Gasteiger partial charge in [-0.1, -0.05) is 32.4 Å². The van der Waals surface area contributed by atoms with Crippen LogP contribution in [0.3, 0.4) is 0 Å². The zero-order chi connectivity index (χ0) is 14.1. The molecule has 1 rings (SSSR count). The minimum Gasteiger partial charge on any atom is -0.398 e. The molecule has 0 amide bonds. The SMILES string of the molecule is CC(NS(=O)(=O)c1ccc(Cl)cc1N)C(C)(C)C. The van der Waals surface area contributed by atoms with Crippen LogP contribution in [0.15, 0.2) is 23.1 Å². The van der Waals surface area contributed by atoms with Gasteiger partial charge in [-0.15, -0.1) is 0 Å². The highest BCUT2D eigenvalue weighted by molar-refractivity contribution is 7.89. The van der Waals surface area contributed by atoms with Gasteiger partial charge in [-0.05, 0) is 30.5 Å². The molecule has 6 heteroatoms. The third-order valence-electron chi connectivity index (χ3n) is 2.89. The summed E-state index contributed by atoms with van der Waals surface area (Å²) in [4.78, 5) is 0.0583. The average Bonchev–Trinajstić information content (AvgIpc) is 2.14. The van der Waals surface area contributed by atoms with Crippen molar-refractivity contribution in [2.24, 2.45) is 5.41 Å². The molecule has 102 valence electrons. The second-order valence-electron chi connectivity index (χ2n) is 5.39. The van der Waals surface area contributed by atoms with E-state index in [1.807, 2.05) is 27.7 Å². The largest absolute Gasteiger partial charge is 0.398 e. The molecule has 0 radical (unpaired) electrons. The Morgan fingerprint density at radius 3 is 2.33 bits per heavy atom. The van der Waals surface area contributed by atoms with Crippen LogP contribution < -0.4 is 10.5 Å². The van der Waals surface area contributed by atoms with Crippen LogP contribution >= 0.6 is 11.6 Å². The van der Waals surface area contributed by atoms with E-state index < -0.39 is 10.0 Å². The topological polar surface area (TPSA) is 72.2 Å². The van der Waals surface area contributed by atoms with Crippen molar-refractivity contribution < 1.29 is 8.42 Å². The lowest BCUT2D eigenvalue weighted by molar-refractivity contribution is 0.317. The summed E-state index contributed by atoms with van der Waals surface area (Å²) in [7, 11) is -3.62. The van der Waals surface area contributed by atoms with Crippen molar-refractivity contribution in [2.75, 3.05) is 5.73 Å². The third kappa shape index (κ3) is 3.60. The predicted octanol–water partition coefficient (Wildman–Crippen LogP) is 2.64. The van der Waals surface area contributed by atoms with Crippen molar-refractivity contribution >= 4 is 27.3 Å².